The molecule has 0 unspecified atom stereocenters. The van der Waals surface area contributed by atoms with Gasteiger partial charge in [0, 0.05) is 19.6 Å². The Morgan fingerprint density at radius 1 is 1.52 bits per heavy atom. The monoisotopic (exact) mass is 351 g/mol. The first-order valence-electron chi connectivity index (χ1n) is 7.34. The smallest absolute Gasteiger partial charge is 0.324 e. The molecular weight excluding hydrogens is 334 g/mol. The minimum atomic E-state index is -0.399. The molecule has 3 heterocycles. The summed E-state index contributed by atoms with van der Waals surface area (Å²) in [5.41, 5.74) is 0. The van der Waals surface area contributed by atoms with Gasteiger partial charge in [-0.2, -0.15) is 0 Å². The highest BCUT2D eigenvalue weighted by atomic mass is 32.2. The van der Waals surface area contributed by atoms with Gasteiger partial charge in [-0.1, -0.05) is 17.8 Å². The van der Waals surface area contributed by atoms with E-state index in [0.717, 1.165) is 10.7 Å². The molecule has 1 N–H and O–H groups in total. The highest BCUT2D eigenvalue weighted by molar-refractivity contribution is 8.00. The molecule has 1 aliphatic heterocycles. The van der Waals surface area contributed by atoms with Gasteiger partial charge in [0.25, 0.3) is 0 Å². The van der Waals surface area contributed by atoms with E-state index in [4.69, 9.17) is 0 Å². The van der Waals surface area contributed by atoms with Crippen molar-refractivity contribution in [1.29, 1.82) is 0 Å². The van der Waals surface area contributed by atoms with Crippen molar-refractivity contribution in [2.75, 3.05) is 13.1 Å². The molecular formula is C14H17N5O2S2. The van der Waals surface area contributed by atoms with Gasteiger partial charge in [0.15, 0.2) is 11.0 Å². The van der Waals surface area contributed by atoms with Crippen molar-refractivity contribution in [1.82, 2.24) is 25.0 Å². The Morgan fingerprint density at radius 3 is 2.96 bits per heavy atom. The van der Waals surface area contributed by atoms with E-state index in [-0.39, 0.29) is 11.9 Å². The number of carbonyl (C=O) groups is 2. The van der Waals surface area contributed by atoms with Gasteiger partial charge in [-0.25, -0.2) is 4.79 Å². The molecule has 23 heavy (non-hydrogen) atoms. The highest BCUT2D eigenvalue weighted by Crippen LogP contribution is 2.29. The van der Waals surface area contributed by atoms with Crippen LogP contribution in [0.15, 0.2) is 22.7 Å². The van der Waals surface area contributed by atoms with Gasteiger partial charge >= 0.3 is 6.03 Å². The molecule has 0 saturated carbocycles. The van der Waals surface area contributed by atoms with Crippen molar-refractivity contribution in [3.05, 3.63) is 17.5 Å². The fourth-order valence-electron chi connectivity index (χ4n) is 2.36. The van der Waals surface area contributed by atoms with E-state index in [9.17, 15) is 9.59 Å². The summed E-state index contributed by atoms with van der Waals surface area (Å²) in [6.07, 6.45) is 0. The molecule has 0 spiro atoms. The molecule has 122 valence electrons. The zero-order valence-corrected chi connectivity index (χ0v) is 14.5. The molecule has 0 radical (unpaired) electrons. The fraction of sp³-hybridized carbons (Fsp3) is 0.429. The molecule has 1 saturated heterocycles. The van der Waals surface area contributed by atoms with Crippen LogP contribution in [0, 0.1) is 0 Å². The quantitative estimate of drug-likeness (QED) is 0.834. The first-order valence-corrected chi connectivity index (χ1v) is 9.10. The molecule has 2 aromatic rings. The lowest BCUT2D eigenvalue weighted by atomic mass is 10.4. The Hall–Kier alpha value is -1.87. The number of hydrogen-bond donors (Lipinski definition) is 1. The van der Waals surface area contributed by atoms with Gasteiger partial charge in [-0.3, -0.25) is 9.69 Å². The largest absolute Gasteiger partial charge is 0.336 e. The second-order valence-corrected chi connectivity index (χ2v) is 7.27. The summed E-state index contributed by atoms with van der Waals surface area (Å²) >= 11 is 2.94. The zero-order chi connectivity index (χ0) is 16.4. The number of urea groups is 1. The maximum absolute atomic E-state index is 12.4. The summed E-state index contributed by atoms with van der Waals surface area (Å²) in [6.45, 7) is 5.45. The third-order valence-electron chi connectivity index (χ3n) is 3.53. The van der Waals surface area contributed by atoms with E-state index < -0.39 is 5.25 Å². The average molecular weight is 351 g/mol. The maximum atomic E-state index is 12.4. The number of nitrogens with one attached hydrogen (secondary N) is 1. The second-order valence-electron chi connectivity index (χ2n) is 5.01. The Bertz CT molecular complexity index is 713. The molecule has 3 amide bonds. The number of hydrogen-bond acceptors (Lipinski definition) is 6. The Morgan fingerprint density at radius 2 is 2.35 bits per heavy atom. The lowest BCUT2D eigenvalue weighted by molar-refractivity contribution is -0.126. The van der Waals surface area contributed by atoms with Gasteiger partial charge < -0.3 is 9.88 Å². The number of rotatable bonds is 5. The first kappa shape index (κ1) is 16.0. The number of imide groups is 1. The van der Waals surface area contributed by atoms with Crippen LogP contribution in [0.25, 0.3) is 10.7 Å². The third kappa shape index (κ3) is 3.11. The Kier molecular flexibility index (Phi) is 4.67. The summed E-state index contributed by atoms with van der Waals surface area (Å²) in [7, 11) is 0. The topological polar surface area (TPSA) is 80.1 Å². The van der Waals surface area contributed by atoms with E-state index in [0.29, 0.717) is 24.8 Å². The van der Waals surface area contributed by atoms with E-state index in [1.54, 1.807) is 18.3 Å². The number of aromatic nitrogens is 3. The number of thiophene rings is 1. The molecule has 1 aliphatic rings. The van der Waals surface area contributed by atoms with Gasteiger partial charge in [0.1, 0.15) is 0 Å². The highest BCUT2D eigenvalue weighted by Gasteiger charge is 2.31. The normalized spacial score (nSPS) is 15.7. The van der Waals surface area contributed by atoms with E-state index >= 15 is 0 Å². The number of carbonyl (C=O) groups excluding carboxylic acids is 2. The average Bonchev–Trinajstić information content (AvgIpc) is 3.26. The standard InChI is InChI=1S/C14H17N5O2S2/c1-3-18-11(10-5-4-8-22-10)16-17-14(18)23-9(2)12(20)19-7-6-15-13(19)21/h4-5,8-9H,3,6-7H2,1-2H3,(H,15,21)/t9-/m0/s1. The molecule has 1 atom stereocenters. The van der Waals surface area contributed by atoms with Crippen LogP contribution >= 0.6 is 23.1 Å². The molecule has 0 aliphatic carbocycles. The van der Waals surface area contributed by atoms with Crippen LogP contribution in [-0.2, 0) is 11.3 Å². The fourth-order valence-corrected chi connectivity index (χ4v) is 4.05. The lowest BCUT2D eigenvalue weighted by Gasteiger charge is -2.17. The summed E-state index contributed by atoms with van der Waals surface area (Å²) in [6, 6.07) is 3.65. The summed E-state index contributed by atoms with van der Waals surface area (Å²) in [5.74, 6) is 0.608. The summed E-state index contributed by atoms with van der Waals surface area (Å²) < 4.78 is 1.99. The molecule has 2 aromatic heterocycles. The van der Waals surface area contributed by atoms with Gasteiger partial charge in [0.2, 0.25) is 5.91 Å². The van der Waals surface area contributed by atoms with Crippen LogP contribution in [0.1, 0.15) is 13.8 Å². The van der Waals surface area contributed by atoms with Gasteiger partial charge in [-0.05, 0) is 25.3 Å². The minimum Gasteiger partial charge on any atom is -0.336 e. The molecule has 0 bridgehead atoms. The molecule has 7 nitrogen and oxygen atoms in total. The predicted molar refractivity (Wildman–Crippen MR) is 89.4 cm³/mol. The SMILES string of the molecule is CCn1c(S[C@@H](C)C(=O)N2CCNC2=O)nnc1-c1cccs1. The van der Waals surface area contributed by atoms with E-state index in [1.165, 1.54) is 16.7 Å². The van der Waals surface area contributed by atoms with E-state index in [2.05, 4.69) is 15.5 Å². The summed E-state index contributed by atoms with van der Waals surface area (Å²) in [4.78, 5) is 26.3. The van der Waals surface area contributed by atoms with E-state index in [1.807, 2.05) is 29.0 Å². The Balaban J connectivity index is 1.77. The summed E-state index contributed by atoms with van der Waals surface area (Å²) in [5, 5.41) is 13.4. The first-order chi connectivity index (χ1) is 11.1. The number of amides is 3. The van der Waals surface area contributed by atoms with Crippen molar-refractivity contribution in [3.8, 4) is 10.7 Å². The third-order valence-corrected chi connectivity index (χ3v) is 5.46. The van der Waals surface area contributed by atoms with Crippen molar-refractivity contribution in [2.24, 2.45) is 0 Å². The van der Waals surface area contributed by atoms with Crippen molar-refractivity contribution < 1.29 is 9.59 Å². The lowest BCUT2D eigenvalue weighted by Crippen LogP contribution is -2.39. The van der Waals surface area contributed by atoms with Crippen LogP contribution < -0.4 is 5.32 Å². The predicted octanol–water partition coefficient (Wildman–Crippen LogP) is 2.06. The van der Waals surface area contributed by atoms with Crippen molar-refractivity contribution in [3.63, 3.8) is 0 Å². The van der Waals surface area contributed by atoms with Crippen molar-refractivity contribution >= 4 is 35.0 Å². The Labute approximate surface area is 142 Å². The van der Waals surface area contributed by atoms with Crippen LogP contribution in [0.5, 0.6) is 0 Å². The van der Waals surface area contributed by atoms with Crippen molar-refractivity contribution in [2.45, 2.75) is 30.8 Å². The molecule has 1 fully saturated rings. The molecule has 9 heteroatoms. The second kappa shape index (κ2) is 6.71. The molecule has 3 rings (SSSR count). The van der Waals surface area contributed by atoms with Crippen LogP contribution in [0.3, 0.4) is 0 Å². The van der Waals surface area contributed by atoms with Gasteiger partial charge in [-0.15, -0.1) is 21.5 Å². The maximum Gasteiger partial charge on any atom is 0.324 e. The minimum absolute atomic E-state index is 0.201. The molecule has 0 aromatic carbocycles. The van der Waals surface area contributed by atoms with Crippen LogP contribution in [0.2, 0.25) is 0 Å². The van der Waals surface area contributed by atoms with Crippen LogP contribution in [-0.4, -0.2) is 49.9 Å². The number of nitrogens with zero attached hydrogens (tertiary/aromatic N) is 4. The van der Waals surface area contributed by atoms with Gasteiger partial charge in [0.05, 0.1) is 10.1 Å². The van der Waals surface area contributed by atoms with Crippen LogP contribution in [0.4, 0.5) is 4.79 Å². The zero-order valence-electron chi connectivity index (χ0n) is 12.9. The number of thioether (sulfide) groups is 1.